The number of carbonyl (C=O) groups excluding carboxylic acids is 2. The van der Waals surface area contributed by atoms with Gasteiger partial charge in [-0.25, -0.2) is 9.98 Å². The molecule has 9 heteroatoms. The molecule has 2 heterocycles. The van der Waals surface area contributed by atoms with E-state index in [0.29, 0.717) is 47.7 Å². The minimum Gasteiger partial charge on any atom is -0.476 e. The number of benzene rings is 1. The number of hydrogen-bond donors (Lipinski definition) is 2. The summed E-state index contributed by atoms with van der Waals surface area (Å²) >= 11 is 6.33. The predicted octanol–water partition coefficient (Wildman–Crippen LogP) is 5.58. The normalized spacial score (nSPS) is 17.4. The number of aliphatic imine (C=N–C) groups is 1. The van der Waals surface area contributed by atoms with E-state index >= 15 is 0 Å². The Hall–Kier alpha value is -2.97. The Balaban J connectivity index is 1.33. The predicted molar refractivity (Wildman–Crippen MR) is 153 cm³/mol. The highest BCUT2D eigenvalue weighted by molar-refractivity contribution is 6.32. The maximum Gasteiger partial charge on any atom is 0.263 e. The van der Waals surface area contributed by atoms with E-state index in [1.54, 1.807) is 44.5 Å². The summed E-state index contributed by atoms with van der Waals surface area (Å²) in [7, 11) is 0. The van der Waals surface area contributed by atoms with Crippen molar-refractivity contribution in [3.8, 4) is 5.75 Å². The van der Waals surface area contributed by atoms with Crippen molar-refractivity contribution in [3.63, 3.8) is 0 Å². The van der Waals surface area contributed by atoms with Crippen molar-refractivity contribution in [2.45, 2.75) is 83.4 Å². The van der Waals surface area contributed by atoms with Crippen molar-refractivity contribution in [2.75, 3.05) is 13.2 Å². The molecule has 0 radical (unpaired) electrons. The molecule has 2 fully saturated rings. The fraction of sp³-hybridized carbons (Fsp3) is 0.533. The van der Waals surface area contributed by atoms with Crippen LogP contribution in [-0.4, -0.2) is 53.9 Å². The van der Waals surface area contributed by atoms with E-state index in [1.807, 2.05) is 19.1 Å². The van der Waals surface area contributed by atoms with Crippen LogP contribution < -0.4 is 15.4 Å². The van der Waals surface area contributed by atoms with E-state index in [-0.39, 0.29) is 23.9 Å². The number of ether oxygens (including phenoxy) is 2. The molecule has 0 bridgehead atoms. The topological polar surface area (TPSA) is 102 Å². The molecule has 2 amide bonds. The number of aryl methyl sites for hydroxylation is 1. The van der Waals surface area contributed by atoms with Crippen molar-refractivity contribution >= 4 is 35.4 Å². The molecular weight excluding hydrogens is 516 g/mol. The van der Waals surface area contributed by atoms with Crippen LogP contribution in [0.15, 0.2) is 41.5 Å². The molecule has 2 aliphatic rings. The van der Waals surface area contributed by atoms with Gasteiger partial charge in [0.2, 0.25) is 0 Å². The van der Waals surface area contributed by atoms with Crippen molar-refractivity contribution in [1.82, 2.24) is 15.6 Å². The molecule has 2 aromatic rings. The highest BCUT2D eigenvalue weighted by Crippen LogP contribution is 2.32. The zero-order valence-electron chi connectivity index (χ0n) is 23.0. The zero-order chi connectivity index (χ0) is 27.8. The van der Waals surface area contributed by atoms with Gasteiger partial charge in [-0.1, -0.05) is 36.9 Å². The average Bonchev–Trinajstić information content (AvgIpc) is 2.88. The number of halogens is 1. The van der Waals surface area contributed by atoms with Gasteiger partial charge < -0.3 is 20.1 Å². The third-order valence-corrected chi connectivity index (χ3v) is 7.65. The Morgan fingerprint density at radius 2 is 1.97 bits per heavy atom. The summed E-state index contributed by atoms with van der Waals surface area (Å²) in [6, 6.07) is 9.04. The summed E-state index contributed by atoms with van der Waals surface area (Å²) in [6.07, 6.45) is 10.0. The minimum atomic E-state index is -1.10. The second-order valence-corrected chi connectivity index (χ2v) is 11.5. The molecule has 1 unspecified atom stereocenters. The lowest BCUT2D eigenvalue weighted by Crippen LogP contribution is -2.50. The lowest BCUT2D eigenvalue weighted by molar-refractivity contribution is -0.135. The van der Waals surface area contributed by atoms with Crippen molar-refractivity contribution in [2.24, 2.45) is 10.9 Å². The van der Waals surface area contributed by atoms with E-state index in [2.05, 4.69) is 20.6 Å². The van der Waals surface area contributed by atoms with Gasteiger partial charge in [0.15, 0.2) is 11.4 Å². The zero-order valence-corrected chi connectivity index (χ0v) is 23.8. The number of rotatable bonds is 11. The first-order valence-corrected chi connectivity index (χ1v) is 14.2. The van der Waals surface area contributed by atoms with Gasteiger partial charge in [0, 0.05) is 44.1 Å². The second-order valence-electron chi connectivity index (χ2n) is 11.1. The van der Waals surface area contributed by atoms with Gasteiger partial charge in [-0.2, -0.15) is 0 Å². The Kier molecular flexibility index (Phi) is 9.97. The summed E-state index contributed by atoms with van der Waals surface area (Å²) in [5.41, 5.74) is 0.430. The van der Waals surface area contributed by atoms with E-state index in [4.69, 9.17) is 21.1 Å². The van der Waals surface area contributed by atoms with E-state index in [9.17, 15) is 9.59 Å². The highest BCUT2D eigenvalue weighted by atomic mass is 35.5. The van der Waals surface area contributed by atoms with Gasteiger partial charge in [-0.15, -0.1) is 0 Å². The number of nitrogens with one attached hydrogen (secondary N) is 2. The average molecular weight is 555 g/mol. The number of hydrogen-bond acceptors (Lipinski definition) is 6. The third kappa shape index (κ3) is 8.51. The van der Waals surface area contributed by atoms with Gasteiger partial charge in [0.25, 0.3) is 11.8 Å². The van der Waals surface area contributed by atoms with Gasteiger partial charge in [0.1, 0.15) is 5.75 Å². The standard InChI is InChI=1S/C30H39ClN4O4/c1-20-7-9-26(25(31)17-20)39-30(2,3)29(37)35-24(18-21-5-4-6-21)11-14-32-27-10-8-22(19-33-27)28(36)34-23-12-15-38-16-13-23/h7-10,14,17,19,21,23-24H,4-6,11-13,15-16,18H2,1-3H3,(H,34,36)(H,35,37). The molecule has 1 atom stereocenters. The van der Waals surface area contributed by atoms with Gasteiger partial charge in [-0.05, 0) is 75.8 Å². The van der Waals surface area contributed by atoms with Crippen molar-refractivity contribution in [3.05, 3.63) is 52.7 Å². The highest BCUT2D eigenvalue weighted by Gasteiger charge is 2.33. The van der Waals surface area contributed by atoms with Crippen LogP contribution in [0.1, 0.15) is 74.7 Å². The first-order valence-electron chi connectivity index (χ1n) is 13.8. The van der Waals surface area contributed by atoms with Gasteiger partial charge in [-0.3, -0.25) is 9.59 Å². The fourth-order valence-electron chi connectivity index (χ4n) is 4.69. The summed E-state index contributed by atoms with van der Waals surface area (Å²) in [5, 5.41) is 6.69. The summed E-state index contributed by atoms with van der Waals surface area (Å²) in [4.78, 5) is 34.6. The molecule has 1 aromatic heterocycles. The lowest BCUT2D eigenvalue weighted by Gasteiger charge is -2.32. The molecule has 2 N–H and O–H groups in total. The number of carbonyl (C=O) groups is 2. The van der Waals surface area contributed by atoms with Crippen LogP contribution in [0.3, 0.4) is 0 Å². The Morgan fingerprint density at radius 3 is 2.62 bits per heavy atom. The van der Waals surface area contributed by atoms with Crippen molar-refractivity contribution < 1.29 is 19.1 Å². The minimum absolute atomic E-state index is 0.0764. The number of nitrogens with zero attached hydrogens (tertiary/aromatic N) is 2. The largest absolute Gasteiger partial charge is 0.476 e. The molecule has 1 aliphatic carbocycles. The summed E-state index contributed by atoms with van der Waals surface area (Å²) in [6.45, 7) is 6.79. The molecule has 1 aliphatic heterocycles. The smallest absolute Gasteiger partial charge is 0.263 e. The van der Waals surface area contributed by atoms with Crippen molar-refractivity contribution in [1.29, 1.82) is 0 Å². The van der Waals surface area contributed by atoms with Crippen LogP contribution in [0.5, 0.6) is 5.75 Å². The van der Waals surface area contributed by atoms with Crippen LogP contribution in [0.25, 0.3) is 0 Å². The quantitative estimate of drug-likeness (QED) is 0.353. The van der Waals surface area contributed by atoms with E-state index in [1.165, 1.54) is 19.3 Å². The molecular formula is C30H39ClN4O4. The molecule has 1 aromatic carbocycles. The first-order chi connectivity index (χ1) is 18.7. The van der Waals surface area contributed by atoms with E-state index < -0.39 is 5.60 Å². The third-order valence-electron chi connectivity index (χ3n) is 7.36. The van der Waals surface area contributed by atoms with Crippen LogP contribution in [0.2, 0.25) is 5.02 Å². The summed E-state index contributed by atoms with van der Waals surface area (Å²) < 4.78 is 11.4. The number of aromatic nitrogens is 1. The second kappa shape index (κ2) is 13.4. The molecule has 1 saturated heterocycles. The molecule has 0 spiro atoms. The maximum atomic E-state index is 13.2. The van der Waals surface area contributed by atoms with Crippen LogP contribution >= 0.6 is 11.6 Å². The first kappa shape index (κ1) is 29.0. The van der Waals surface area contributed by atoms with E-state index in [0.717, 1.165) is 24.8 Å². The fourth-order valence-corrected chi connectivity index (χ4v) is 4.97. The van der Waals surface area contributed by atoms with Gasteiger partial charge >= 0.3 is 0 Å². The Labute approximate surface area is 235 Å². The van der Waals surface area contributed by atoms with Crippen LogP contribution in [0, 0.1) is 12.8 Å². The molecule has 4 rings (SSSR count). The number of amides is 2. The number of pyridine rings is 1. The molecule has 1 saturated carbocycles. The SMILES string of the molecule is Cc1ccc(OC(C)(C)C(=O)NC(CC=Nc2ccc(C(=O)NC3CCOCC3)cn2)CC2CCC2)c(Cl)c1. The molecule has 210 valence electrons. The lowest BCUT2D eigenvalue weighted by atomic mass is 9.80. The Morgan fingerprint density at radius 1 is 1.21 bits per heavy atom. The van der Waals surface area contributed by atoms with Crippen LogP contribution in [-0.2, 0) is 9.53 Å². The van der Waals surface area contributed by atoms with Gasteiger partial charge in [0.05, 0.1) is 10.6 Å². The molecule has 8 nitrogen and oxygen atoms in total. The summed E-state index contributed by atoms with van der Waals surface area (Å²) in [5.74, 6) is 1.27. The van der Waals surface area contributed by atoms with Crippen LogP contribution in [0.4, 0.5) is 5.82 Å². The Bertz CT molecular complexity index is 1160. The monoisotopic (exact) mass is 554 g/mol. The molecule has 39 heavy (non-hydrogen) atoms. The maximum absolute atomic E-state index is 13.2.